The molecule has 0 fully saturated rings. The summed E-state index contributed by atoms with van der Waals surface area (Å²) in [5.74, 6) is 2.59. The third-order valence-corrected chi connectivity index (χ3v) is 4.22. The van der Waals surface area contributed by atoms with Crippen molar-refractivity contribution < 1.29 is 9.47 Å². The molecule has 0 aliphatic rings. The van der Waals surface area contributed by atoms with E-state index in [9.17, 15) is 0 Å². The van der Waals surface area contributed by atoms with Crippen LogP contribution in [0.25, 0.3) is 0 Å². The molecular weight excluding hydrogens is 280 g/mol. The Hall–Kier alpha value is -1.40. The van der Waals surface area contributed by atoms with Gasteiger partial charge in [-0.15, -0.1) is 11.8 Å². The summed E-state index contributed by atoms with van der Waals surface area (Å²) < 4.78 is 12.1. The average molecular weight is 296 g/mol. The Morgan fingerprint density at radius 1 is 1.21 bits per heavy atom. The van der Waals surface area contributed by atoms with E-state index in [2.05, 4.69) is 4.98 Å². The van der Waals surface area contributed by atoms with Crippen LogP contribution < -0.4 is 15.2 Å². The maximum absolute atomic E-state index is 5.64. The summed E-state index contributed by atoms with van der Waals surface area (Å²) >= 11 is 3.20. The predicted octanol–water partition coefficient (Wildman–Crippen LogP) is 3.30. The van der Waals surface area contributed by atoms with Gasteiger partial charge in [0.1, 0.15) is 11.5 Å². The van der Waals surface area contributed by atoms with Gasteiger partial charge in [0.25, 0.3) is 0 Å². The molecule has 0 saturated carbocycles. The molecule has 2 aromatic rings. The molecule has 0 bridgehead atoms. The molecule has 0 aliphatic carbocycles. The number of nitrogens with two attached hydrogens (primary N) is 1. The first kappa shape index (κ1) is 14.0. The van der Waals surface area contributed by atoms with Gasteiger partial charge in [0.05, 0.1) is 23.6 Å². The van der Waals surface area contributed by atoms with Gasteiger partial charge < -0.3 is 15.2 Å². The number of benzene rings is 1. The number of hydrogen-bond acceptors (Lipinski definition) is 6. The van der Waals surface area contributed by atoms with E-state index >= 15 is 0 Å². The van der Waals surface area contributed by atoms with Crippen molar-refractivity contribution in [2.45, 2.75) is 11.1 Å². The molecule has 1 heterocycles. The third kappa shape index (κ3) is 4.65. The summed E-state index contributed by atoms with van der Waals surface area (Å²) in [5.41, 5.74) is 5.56. The Labute approximate surface area is 120 Å². The van der Waals surface area contributed by atoms with E-state index in [1.54, 1.807) is 18.0 Å². The SMILES string of the molecule is CCOc1ccc(OCCSc2cnc(N)s2)cc1. The Kier molecular flexibility index (Phi) is 5.35. The largest absolute Gasteiger partial charge is 0.494 e. The van der Waals surface area contributed by atoms with Crippen LogP contribution >= 0.6 is 23.1 Å². The first-order valence-corrected chi connectivity index (χ1v) is 7.78. The zero-order chi connectivity index (χ0) is 13.5. The lowest BCUT2D eigenvalue weighted by Crippen LogP contribution is -1.99. The van der Waals surface area contributed by atoms with Crippen LogP contribution in [0.3, 0.4) is 0 Å². The van der Waals surface area contributed by atoms with Gasteiger partial charge in [-0.25, -0.2) is 4.98 Å². The van der Waals surface area contributed by atoms with Crippen molar-refractivity contribution in [3.8, 4) is 11.5 Å². The van der Waals surface area contributed by atoms with Crippen molar-refractivity contribution in [1.29, 1.82) is 0 Å². The molecule has 1 aromatic carbocycles. The van der Waals surface area contributed by atoms with Gasteiger partial charge in [-0.1, -0.05) is 11.3 Å². The van der Waals surface area contributed by atoms with Gasteiger partial charge >= 0.3 is 0 Å². The smallest absolute Gasteiger partial charge is 0.181 e. The maximum atomic E-state index is 5.64. The van der Waals surface area contributed by atoms with Crippen LogP contribution in [0.4, 0.5) is 5.13 Å². The molecule has 1 aromatic heterocycles. The van der Waals surface area contributed by atoms with E-state index in [0.717, 1.165) is 21.5 Å². The Balaban J connectivity index is 1.70. The number of nitrogen functional groups attached to an aromatic ring is 1. The lowest BCUT2D eigenvalue weighted by atomic mass is 10.3. The van der Waals surface area contributed by atoms with Crippen LogP contribution in [-0.2, 0) is 0 Å². The van der Waals surface area contributed by atoms with Crippen LogP contribution in [0.1, 0.15) is 6.92 Å². The summed E-state index contributed by atoms with van der Waals surface area (Å²) in [5, 5.41) is 0.606. The molecule has 4 nitrogen and oxygen atoms in total. The van der Waals surface area contributed by atoms with Gasteiger partial charge in [-0.05, 0) is 31.2 Å². The van der Waals surface area contributed by atoms with Crippen molar-refractivity contribution in [3.05, 3.63) is 30.5 Å². The van der Waals surface area contributed by atoms with E-state index in [1.807, 2.05) is 31.2 Å². The van der Waals surface area contributed by atoms with Crippen LogP contribution in [0.2, 0.25) is 0 Å². The number of thioether (sulfide) groups is 1. The molecule has 0 spiro atoms. The first-order valence-electron chi connectivity index (χ1n) is 5.97. The average Bonchev–Trinajstić information content (AvgIpc) is 2.83. The summed E-state index contributed by atoms with van der Waals surface area (Å²) in [6.45, 7) is 3.29. The number of rotatable bonds is 7. The van der Waals surface area contributed by atoms with Crippen molar-refractivity contribution in [2.75, 3.05) is 24.7 Å². The Morgan fingerprint density at radius 2 is 1.89 bits per heavy atom. The van der Waals surface area contributed by atoms with Crippen molar-refractivity contribution in [3.63, 3.8) is 0 Å². The molecule has 6 heteroatoms. The number of nitrogens with zero attached hydrogens (tertiary/aromatic N) is 1. The zero-order valence-corrected chi connectivity index (χ0v) is 12.3. The van der Waals surface area contributed by atoms with E-state index < -0.39 is 0 Å². The molecular formula is C13H16N2O2S2. The molecule has 0 aliphatic heterocycles. The molecule has 0 saturated heterocycles. The summed E-state index contributed by atoms with van der Waals surface area (Å²) in [4.78, 5) is 4.00. The van der Waals surface area contributed by atoms with Crippen LogP contribution in [0, 0.1) is 0 Å². The number of aromatic nitrogens is 1. The second-order valence-corrected chi connectivity index (χ2v) is 6.08. The topological polar surface area (TPSA) is 57.4 Å². The highest BCUT2D eigenvalue weighted by Gasteiger charge is 2.00. The minimum Gasteiger partial charge on any atom is -0.494 e. The van der Waals surface area contributed by atoms with Crippen LogP contribution in [0.15, 0.2) is 34.7 Å². The maximum Gasteiger partial charge on any atom is 0.181 e. The van der Waals surface area contributed by atoms with Crippen LogP contribution in [-0.4, -0.2) is 24.0 Å². The molecule has 2 rings (SSSR count). The molecule has 0 radical (unpaired) electrons. The van der Waals surface area contributed by atoms with Crippen molar-refractivity contribution >= 4 is 28.2 Å². The Morgan fingerprint density at radius 3 is 2.47 bits per heavy atom. The number of thiazole rings is 1. The van der Waals surface area contributed by atoms with Gasteiger partial charge in [0, 0.05) is 5.75 Å². The first-order chi connectivity index (χ1) is 9.28. The van der Waals surface area contributed by atoms with Crippen LogP contribution in [0.5, 0.6) is 11.5 Å². The fourth-order valence-corrected chi connectivity index (χ4v) is 3.09. The Bertz CT molecular complexity index is 500. The second-order valence-electron chi connectivity index (χ2n) is 3.62. The lowest BCUT2D eigenvalue weighted by molar-refractivity contribution is 0.332. The van der Waals surface area contributed by atoms with E-state index in [0.29, 0.717) is 18.3 Å². The minimum absolute atomic E-state index is 0.606. The summed E-state index contributed by atoms with van der Waals surface area (Å²) in [6.07, 6.45) is 1.79. The summed E-state index contributed by atoms with van der Waals surface area (Å²) in [7, 11) is 0. The fraction of sp³-hybridized carbons (Fsp3) is 0.308. The lowest BCUT2D eigenvalue weighted by Gasteiger charge is -2.07. The standard InChI is InChI=1S/C13H16N2O2S2/c1-2-16-10-3-5-11(6-4-10)17-7-8-18-12-9-15-13(14)19-12/h3-6,9H,2,7-8H2,1H3,(H2,14,15). The second kappa shape index (κ2) is 7.25. The third-order valence-electron chi connectivity index (χ3n) is 2.23. The van der Waals surface area contributed by atoms with Gasteiger partial charge in [-0.2, -0.15) is 0 Å². The van der Waals surface area contributed by atoms with Crippen molar-refractivity contribution in [2.24, 2.45) is 0 Å². The van der Waals surface area contributed by atoms with E-state index in [4.69, 9.17) is 15.2 Å². The highest BCUT2D eigenvalue weighted by Crippen LogP contribution is 2.26. The number of ether oxygens (including phenoxy) is 2. The number of anilines is 1. The van der Waals surface area contributed by atoms with Gasteiger partial charge in [0.2, 0.25) is 0 Å². The highest BCUT2D eigenvalue weighted by molar-refractivity contribution is 8.01. The predicted molar refractivity (Wildman–Crippen MR) is 80.4 cm³/mol. The molecule has 0 amide bonds. The van der Waals surface area contributed by atoms with Gasteiger partial charge in [-0.3, -0.25) is 0 Å². The normalized spacial score (nSPS) is 10.4. The molecule has 2 N–H and O–H groups in total. The summed E-state index contributed by atoms with van der Waals surface area (Å²) in [6, 6.07) is 7.66. The minimum atomic E-state index is 0.606. The quantitative estimate of drug-likeness (QED) is 0.627. The van der Waals surface area contributed by atoms with E-state index in [-0.39, 0.29) is 0 Å². The van der Waals surface area contributed by atoms with Crippen molar-refractivity contribution in [1.82, 2.24) is 4.98 Å². The molecule has 19 heavy (non-hydrogen) atoms. The van der Waals surface area contributed by atoms with E-state index in [1.165, 1.54) is 11.3 Å². The monoisotopic (exact) mass is 296 g/mol. The number of hydrogen-bond donors (Lipinski definition) is 1. The molecule has 102 valence electrons. The zero-order valence-electron chi connectivity index (χ0n) is 10.7. The van der Waals surface area contributed by atoms with Gasteiger partial charge in [0.15, 0.2) is 5.13 Å². The highest BCUT2D eigenvalue weighted by atomic mass is 32.2. The molecule has 0 atom stereocenters. The fourth-order valence-electron chi connectivity index (χ4n) is 1.44. The molecule has 0 unspecified atom stereocenters.